The van der Waals surface area contributed by atoms with Crippen LogP contribution in [0.4, 0.5) is 5.69 Å². The third-order valence-corrected chi connectivity index (χ3v) is 5.80. The standard InChI is InChI=1S/C25H28N2O2/c1-27(16-18-8-4-2-5-9-18)22-14-12-20-21(25(22)28)13-15-23(24(20)26)29-17-19-10-6-3-7-11-19/h2-11,13,15,22,25,28H,12,14,16-17,26H2,1H3/t22-,25-/m1/s1. The molecule has 2 atom stereocenters. The van der Waals surface area contributed by atoms with Gasteiger partial charge in [-0.25, -0.2) is 0 Å². The smallest absolute Gasteiger partial charge is 0.142 e. The molecule has 0 heterocycles. The number of nitrogens with two attached hydrogens (primary N) is 1. The fourth-order valence-electron chi connectivity index (χ4n) is 4.18. The quantitative estimate of drug-likeness (QED) is 0.617. The van der Waals surface area contributed by atoms with Crippen molar-refractivity contribution in [2.75, 3.05) is 12.8 Å². The van der Waals surface area contributed by atoms with Crippen molar-refractivity contribution in [2.45, 2.75) is 38.1 Å². The van der Waals surface area contributed by atoms with Gasteiger partial charge in [-0.15, -0.1) is 0 Å². The Kier molecular flexibility index (Phi) is 5.84. The van der Waals surface area contributed by atoms with E-state index in [0.29, 0.717) is 18.0 Å². The molecule has 0 saturated carbocycles. The highest BCUT2D eigenvalue weighted by atomic mass is 16.5. The van der Waals surface area contributed by atoms with Crippen LogP contribution in [0.15, 0.2) is 72.8 Å². The fraction of sp³-hybridized carbons (Fsp3) is 0.280. The maximum atomic E-state index is 11.1. The summed E-state index contributed by atoms with van der Waals surface area (Å²) in [6, 6.07) is 24.3. The zero-order chi connectivity index (χ0) is 20.2. The average molecular weight is 389 g/mol. The number of benzene rings is 3. The molecule has 1 aliphatic carbocycles. The van der Waals surface area contributed by atoms with E-state index >= 15 is 0 Å². The lowest BCUT2D eigenvalue weighted by Crippen LogP contribution is -2.39. The van der Waals surface area contributed by atoms with Gasteiger partial charge < -0.3 is 15.6 Å². The summed E-state index contributed by atoms with van der Waals surface area (Å²) in [5.41, 5.74) is 11.4. The van der Waals surface area contributed by atoms with Crippen molar-refractivity contribution < 1.29 is 9.84 Å². The summed E-state index contributed by atoms with van der Waals surface area (Å²) in [4.78, 5) is 2.24. The first kappa shape index (κ1) is 19.5. The SMILES string of the molecule is CN(Cc1ccccc1)[C@@H]1CCc2c(ccc(OCc3ccccc3)c2N)[C@H]1O. The van der Waals surface area contributed by atoms with Gasteiger partial charge in [0.25, 0.3) is 0 Å². The van der Waals surface area contributed by atoms with Gasteiger partial charge in [-0.3, -0.25) is 4.90 Å². The first-order valence-electron chi connectivity index (χ1n) is 10.1. The largest absolute Gasteiger partial charge is 0.487 e. The van der Waals surface area contributed by atoms with Gasteiger partial charge in [-0.1, -0.05) is 66.7 Å². The van der Waals surface area contributed by atoms with Gasteiger partial charge in [0.2, 0.25) is 0 Å². The fourth-order valence-corrected chi connectivity index (χ4v) is 4.18. The molecule has 3 N–H and O–H groups in total. The van der Waals surface area contributed by atoms with Gasteiger partial charge in [0.05, 0.1) is 11.8 Å². The van der Waals surface area contributed by atoms with Crippen molar-refractivity contribution in [3.63, 3.8) is 0 Å². The molecule has 0 unspecified atom stereocenters. The molecule has 0 spiro atoms. The molecule has 4 nitrogen and oxygen atoms in total. The van der Waals surface area contributed by atoms with Crippen LogP contribution in [0, 0.1) is 0 Å². The number of hydrogen-bond donors (Lipinski definition) is 2. The van der Waals surface area contributed by atoms with Gasteiger partial charge in [0.15, 0.2) is 0 Å². The molecular formula is C25H28N2O2. The van der Waals surface area contributed by atoms with Gasteiger partial charge in [0, 0.05) is 12.6 Å². The van der Waals surface area contributed by atoms with Gasteiger partial charge in [-0.2, -0.15) is 0 Å². The van der Waals surface area contributed by atoms with Crippen molar-refractivity contribution in [1.82, 2.24) is 4.90 Å². The van der Waals surface area contributed by atoms with Crippen LogP contribution in [0.1, 0.15) is 34.8 Å². The number of likely N-dealkylation sites (N-methyl/N-ethyl adjacent to an activating group) is 1. The molecule has 0 radical (unpaired) electrons. The van der Waals surface area contributed by atoms with Crippen molar-refractivity contribution in [3.05, 3.63) is 95.1 Å². The Morgan fingerprint density at radius 2 is 1.62 bits per heavy atom. The topological polar surface area (TPSA) is 58.7 Å². The van der Waals surface area contributed by atoms with E-state index < -0.39 is 6.10 Å². The van der Waals surface area contributed by atoms with Crippen LogP contribution in [0.3, 0.4) is 0 Å². The second-order valence-corrected chi connectivity index (χ2v) is 7.77. The van der Waals surface area contributed by atoms with E-state index in [2.05, 4.69) is 24.1 Å². The lowest BCUT2D eigenvalue weighted by Gasteiger charge is -2.37. The maximum Gasteiger partial charge on any atom is 0.142 e. The van der Waals surface area contributed by atoms with E-state index in [-0.39, 0.29) is 6.04 Å². The summed E-state index contributed by atoms with van der Waals surface area (Å²) in [6.45, 7) is 1.29. The van der Waals surface area contributed by atoms with Crippen molar-refractivity contribution in [2.24, 2.45) is 0 Å². The van der Waals surface area contributed by atoms with E-state index in [1.165, 1.54) is 5.56 Å². The number of hydrogen-bond acceptors (Lipinski definition) is 4. The highest BCUT2D eigenvalue weighted by Gasteiger charge is 2.32. The molecule has 0 saturated heterocycles. The molecular weight excluding hydrogens is 360 g/mol. The number of rotatable bonds is 6. The molecule has 4 rings (SSSR count). The minimum Gasteiger partial charge on any atom is -0.487 e. The minimum absolute atomic E-state index is 0.0678. The number of ether oxygens (including phenoxy) is 1. The first-order valence-corrected chi connectivity index (χ1v) is 10.1. The number of aliphatic hydroxyl groups excluding tert-OH is 1. The van der Waals surface area contributed by atoms with E-state index in [1.54, 1.807) is 0 Å². The van der Waals surface area contributed by atoms with E-state index in [9.17, 15) is 5.11 Å². The second kappa shape index (κ2) is 8.68. The van der Waals surface area contributed by atoms with Gasteiger partial charge in [-0.05, 0) is 48.2 Å². The molecule has 0 fully saturated rings. The lowest BCUT2D eigenvalue weighted by molar-refractivity contribution is 0.0463. The van der Waals surface area contributed by atoms with Gasteiger partial charge in [0.1, 0.15) is 12.4 Å². The number of anilines is 1. The maximum absolute atomic E-state index is 11.1. The van der Waals surface area contributed by atoms with Crippen molar-refractivity contribution in [1.29, 1.82) is 0 Å². The summed E-state index contributed by atoms with van der Waals surface area (Å²) in [5.74, 6) is 0.691. The van der Waals surface area contributed by atoms with E-state index in [4.69, 9.17) is 10.5 Å². The number of aliphatic hydroxyl groups is 1. The Balaban J connectivity index is 1.48. The third-order valence-electron chi connectivity index (χ3n) is 5.80. The zero-order valence-electron chi connectivity index (χ0n) is 16.8. The minimum atomic E-state index is -0.557. The van der Waals surface area contributed by atoms with Crippen LogP contribution in [0.5, 0.6) is 5.75 Å². The highest BCUT2D eigenvalue weighted by Crippen LogP contribution is 2.39. The second-order valence-electron chi connectivity index (χ2n) is 7.77. The Morgan fingerprint density at radius 1 is 0.966 bits per heavy atom. The van der Waals surface area contributed by atoms with E-state index in [0.717, 1.165) is 36.1 Å². The number of fused-ring (bicyclic) bond motifs is 1. The number of nitrogens with zero attached hydrogens (tertiary/aromatic N) is 1. The molecule has 1 aliphatic rings. The van der Waals surface area contributed by atoms with Crippen LogP contribution in [0.2, 0.25) is 0 Å². The van der Waals surface area contributed by atoms with Crippen LogP contribution < -0.4 is 10.5 Å². The molecule has 29 heavy (non-hydrogen) atoms. The molecule has 0 bridgehead atoms. The summed E-state index contributed by atoms with van der Waals surface area (Å²) in [5, 5.41) is 11.1. The molecule has 150 valence electrons. The normalized spacial score (nSPS) is 18.4. The molecule has 3 aromatic carbocycles. The number of nitrogen functional groups attached to an aromatic ring is 1. The predicted molar refractivity (Wildman–Crippen MR) is 117 cm³/mol. The van der Waals surface area contributed by atoms with E-state index in [1.807, 2.05) is 60.7 Å². The first-order chi connectivity index (χ1) is 14.1. The average Bonchev–Trinajstić information content (AvgIpc) is 2.75. The zero-order valence-corrected chi connectivity index (χ0v) is 16.8. The Bertz CT molecular complexity index is 944. The third kappa shape index (κ3) is 4.29. The molecule has 4 heteroatoms. The van der Waals surface area contributed by atoms with Crippen molar-refractivity contribution >= 4 is 5.69 Å². The van der Waals surface area contributed by atoms with Crippen LogP contribution in [-0.4, -0.2) is 23.1 Å². The highest BCUT2D eigenvalue weighted by molar-refractivity contribution is 5.62. The Hall–Kier alpha value is -2.82. The monoisotopic (exact) mass is 388 g/mol. The summed E-state index contributed by atoms with van der Waals surface area (Å²) >= 11 is 0. The molecule has 0 aromatic heterocycles. The predicted octanol–water partition coefficient (Wildman–Crippen LogP) is 4.33. The molecule has 3 aromatic rings. The van der Waals surface area contributed by atoms with Crippen molar-refractivity contribution in [3.8, 4) is 5.75 Å². The van der Waals surface area contributed by atoms with Gasteiger partial charge >= 0.3 is 0 Å². The summed E-state index contributed by atoms with van der Waals surface area (Å²) in [6.07, 6.45) is 1.15. The molecule has 0 amide bonds. The van der Waals surface area contributed by atoms with Crippen LogP contribution in [0.25, 0.3) is 0 Å². The van der Waals surface area contributed by atoms with Crippen LogP contribution >= 0.6 is 0 Å². The summed E-state index contributed by atoms with van der Waals surface area (Å²) < 4.78 is 5.96. The lowest BCUT2D eigenvalue weighted by atomic mass is 9.84. The Labute approximate surface area is 172 Å². The van der Waals surface area contributed by atoms with Crippen LogP contribution in [-0.2, 0) is 19.6 Å². The molecule has 0 aliphatic heterocycles. The Morgan fingerprint density at radius 3 is 2.31 bits per heavy atom. The summed E-state index contributed by atoms with van der Waals surface area (Å²) in [7, 11) is 2.08.